The number of nitriles is 3. The van der Waals surface area contributed by atoms with E-state index in [1.165, 1.54) is 45.3 Å². The van der Waals surface area contributed by atoms with Crippen LogP contribution < -0.4 is 0 Å². The van der Waals surface area contributed by atoms with Gasteiger partial charge < -0.3 is 5.11 Å². The topological polar surface area (TPSA) is 246 Å². The highest BCUT2D eigenvalue weighted by molar-refractivity contribution is 5.95. The molecule has 0 bridgehead atoms. The minimum absolute atomic E-state index is 0.143. The second-order valence-corrected chi connectivity index (χ2v) is 13.0. The van der Waals surface area contributed by atoms with Crippen molar-refractivity contribution in [3.05, 3.63) is 162 Å². The summed E-state index contributed by atoms with van der Waals surface area (Å²) in [6.45, 7) is 0. The zero-order valence-electron chi connectivity index (χ0n) is 32.6. The number of carboxylic acid groups (broad SMARTS) is 1. The van der Waals surface area contributed by atoms with Crippen LogP contribution in [0.15, 0.2) is 128 Å². The first kappa shape index (κ1) is 40.7. The van der Waals surface area contributed by atoms with Gasteiger partial charge in [0.25, 0.3) is 5.91 Å². The molecule has 0 saturated heterocycles. The van der Waals surface area contributed by atoms with E-state index < -0.39 is 5.97 Å². The molecule has 0 aliphatic carbocycles. The molecule has 1 N–H and O–H groups in total. The summed E-state index contributed by atoms with van der Waals surface area (Å²) in [7, 11) is 2.97. The van der Waals surface area contributed by atoms with Gasteiger partial charge in [-0.1, -0.05) is 36.4 Å². The number of hydrogen-bond donors (Lipinski definition) is 1. The molecule has 0 unspecified atom stereocenters. The van der Waals surface area contributed by atoms with Gasteiger partial charge in [0, 0.05) is 34.9 Å². The van der Waals surface area contributed by atoms with Gasteiger partial charge in [-0.05, 0) is 72.8 Å². The Balaban J connectivity index is 0.000000141. The number of pyridine rings is 3. The van der Waals surface area contributed by atoms with Crippen LogP contribution in [0.2, 0.25) is 0 Å². The zero-order chi connectivity index (χ0) is 43.8. The number of carbonyl (C=O) groups excluding carboxylic acids is 2. The number of carboxylic acids is 1. The van der Waals surface area contributed by atoms with E-state index in [4.69, 9.17) is 25.7 Å². The van der Waals surface area contributed by atoms with Crippen molar-refractivity contribution in [3.8, 4) is 52.0 Å². The third kappa shape index (κ3) is 8.54. The van der Waals surface area contributed by atoms with Gasteiger partial charge in [0.1, 0.15) is 25.3 Å². The van der Waals surface area contributed by atoms with E-state index in [1.54, 1.807) is 86.3 Å². The number of aromatic carboxylic acids is 1. The molecule has 0 radical (unpaired) electrons. The fourth-order valence-electron chi connectivity index (χ4n) is 6.13. The Bertz CT molecular complexity index is 3240. The summed E-state index contributed by atoms with van der Waals surface area (Å²) in [6, 6.07) is 37.0. The van der Waals surface area contributed by atoms with E-state index >= 15 is 0 Å². The van der Waals surface area contributed by atoms with Gasteiger partial charge in [0.05, 0.1) is 64.7 Å². The van der Waals surface area contributed by atoms with Gasteiger partial charge in [-0.15, -0.1) is 0 Å². The van der Waals surface area contributed by atoms with E-state index in [1.807, 2.05) is 30.3 Å². The first-order chi connectivity index (χ1) is 30.1. The van der Waals surface area contributed by atoms with Gasteiger partial charge in [0.2, 0.25) is 0 Å². The van der Waals surface area contributed by atoms with Crippen LogP contribution in [0.3, 0.4) is 0 Å². The van der Waals surface area contributed by atoms with Crippen LogP contribution >= 0.6 is 0 Å². The lowest BCUT2D eigenvalue weighted by molar-refractivity contribution is -0.0756. The summed E-state index contributed by atoms with van der Waals surface area (Å²) >= 11 is 0. The quantitative estimate of drug-likeness (QED) is 0.144. The summed E-state index contributed by atoms with van der Waals surface area (Å²) < 4.78 is 4.87. The van der Waals surface area contributed by atoms with Crippen LogP contribution in [0.4, 0.5) is 0 Å². The normalized spacial score (nSPS) is 10.4. The van der Waals surface area contributed by atoms with Crippen LogP contribution in [0.1, 0.15) is 47.8 Å². The summed E-state index contributed by atoms with van der Waals surface area (Å²) in [5.74, 6) is -1.31. The number of aldehydes is 1. The van der Waals surface area contributed by atoms with Crippen molar-refractivity contribution in [2.24, 2.45) is 0 Å². The molecule has 62 heavy (non-hydrogen) atoms. The molecular weight excluding hydrogens is 791 g/mol. The third-order valence-corrected chi connectivity index (χ3v) is 9.28. The molecule has 0 saturated carbocycles. The molecule has 0 aliphatic heterocycles. The average Bonchev–Trinajstić information content (AvgIpc) is 4.12. The van der Waals surface area contributed by atoms with Gasteiger partial charge in [-0.3, -0.25) is 14.4 Å². The number of hydroxylamine groups is 2. The Labute approximate surface area is 351 Å². The maximum Gasteiger partial charge on any atom is 0.335 e. The van der Waals surface area contributed by atoms with E-state index in [-0.39, 0.29) is 11.5 Å². The first-order valence-electron chi connectivity index (χ1n) is 18.2. The van der Waals surface area contributed by atoms with E-state index in [0.29, 0.717) is 56.1 Å². The molecule has 300 valence electrons. The Kier molecular flexibility index (Phi) is 11.8. The number of nitrogens with zero attached hydrogens (tertiary/aromatic N) is 13. The SMILES string of the molecule is CON(C)C(=O)c1cc(-c2ccc(C#N)cc2)n2ncnc2c1.N#Cc1ccc(-c2cc(C(=O)O)cc3ncnn23)cc1.N#Cc1ccc(-c2cc(C=O)cc3ncnn23)cc1. The minimum atomic E-state index is -1.02. The molecule has 9 rings (SSSR count). The Morgan fingerprint density at radius 3 is 1.34 bits per heavy atom. The Hall–Kier alpha value is -9.44. The second kappa shape index (κ2) is 18.0. The molecule has 18 nitrogen and oxygen atoms in total. The molecule has 9 aromatic rings. The first-order valence-corrected chi connectivity index (χ1v) is 18.2. The molecule has 0 spiro atoms. The van der Waals surface area contributed by atoms with Crippen molar-refractivity contribution in [1.29, 1.82) is 15.8 Å². The smallest absolute Gasteiger partial charge is 0.335 e. The number of rotatable bonds is 7. The Morgan fingerprint density at radius 1 is 0.597 bits per heavy atom. The number of carbonyl (C=O) groups is 3. The molecule has 6 aromatic heterocycles. The van der Waals surface area contributed by atoms with Crippen molar-refractivity contribution >= 4 is 35.1 Å². The van der Waals surface area contributed by atoms with Crippen molar-refractivity contribution < 1.29 is 24.3 Å². The summed E-state index contributed by atoms with van der Waals surface area (Å²) in [5.41, 5.74) is 9.00. The monoisotopic (exact) mass is 819 g/mol. The van der Waals surface area contributed by atoms with Crippen LogP contribution in [-0.4, -0.2) is 86.3 Å². The van der Waals surface area contributed by atoms with E-state index in [0.717, 1.165) is 33.7 Å². The van der Waals surface area contributed by atoms with Crippen LogP contribution in [0, 0.1) is 34.0 Å². The number of fused-ring (bicyclic) bond motifs is 3. The number of aromatic nitrogens is 9. The molecule has 18 heteroatoms. The van der Waals surface area contributed by atoms with Crippen molar-refractivity contribution in [2.75, 3.05) is 14.2 Å². The highest BCUT2D eigenvalue weighted by Crippen LogP contribution is 2.25. The number of benzene rings is 3. The van der Waals surface area contributed by atoms with Gasteiger partial charge in [0.15, 0.2) is 16.9 Å². The lowest BCUT2D eigenvalue weighted by Gasteiger charge is -2.14. The highest BCUT2D eigenvalue weighted by Gasteiger charge is 2.17. The van der Waals surface area contributed by atoms with Crippen LogP contribution in [-0.2, 0) is 4.84 Å². The van der Waals surface area contributed by atoms with Crippen LogP contribution in [0.25, 0.3) is 50.7 Å². The summed E-state index contributed by atoms with van der Waals surface area (Å²) in [4.78, 5) is 51.6. The van der Waals surface area contributed by atoms with Crippen molar-refractivity contribution in [1.82, 2.24) is 48.9 Å². The molecule has 3 aromatic carbocycles. The maximum atomic E-state index is 12.3. The largest absolute Gasteiger partial charge is 0.478 e. The van der Waals surface area contributed by atoms with Crippen molar-refractivity contribution in [3.63, 3.8) is 0 Å². The molecule has 0 aliphatic rings. The van der Waals surface area contributed by atoms with Gasteiger partial charge in [-0.25, -0.2) is 38.4 Å². The zero-order valence-corrected chi connectivity index (χ0v) is 32.6. The van der Waals surface area contributed by atoms with E-state index in [9.17, 15) is 14.4 Å². The second-order valence-electron chi connectivity index (χ2n) is 13.0. The fourth-order valence-corrected chi connectivity index (χ4v) is 6.13. The average molecular weight is 820 g/mol. The lowest BCUT2D eigenvalue weighted by atomic mass is 10.1. The van der Waals surface area contributed by atoms with Gasteiger partial charge >= 0.3 is 5.97 Å². The molecule has 1 amide bonds. The predicted octanol–water partition coefficient (Wildman–Crippen LogP) is 5.95. The molecule has 0 atom stereocenters. The lowest BCUT2D eigenvalue weighted by Crippen LogP contribution is -2.25. The van der Waals surface area contributed by atoms with Crippen molar-refractivity contribution in [2.45, 2.75) is 0 Å². The summed E-state index contributed by atoms with van der Waals surface area (Å²) in [6.07, 6.45) is 5.02. The highest BCUT2D eigenvalue weighted by atomic mass is 16.7. The molecule has 6 heterocycles. The third-order valence-electron chi connectivity index (χ3n) is 9.28. The number of hydrogen-bond acceptors (Lipinski definition) is 13. The van der Waals surface area contributed by atoms with Crippen LogP contribution in [0.5, 0.6) is 0 Å². The maximum absolute atomic E-state index is 12.3. The predicted molar refractivity (Wildman–Crippen MR) is 221 cm³/mol. The fraction of sp³-hybridized carbons (Fsp3) is 0.0455. The molecule has 0 fully saturated rings. The standard InChI is InChI=1S/C16H13N5O2.C14H8N4O2.C14H8N4O/c1-20(23-2)16(22)13-7-14(21-15(8-13)18-10-19-21)12-5-3-11(9-17)4-6-12;15-7-9-1-3-10(4-2-9)12-5-11(14(19)20)6-13-16-8-17-18(12)13;15-7-10-1-3-12(4-2-10)13-5-11(8-19)6-14-16-9-17-18(13)14/h3-8,10H,1-2H3;1-6,8H,(H,19,20);1-6,8-9H. The van der Waals surface area contributed by atoms with Gasteiger partial charge in [-0.2, -0.15) is 31.1 Å². The number of amides is 1. The van der Waals surface area contributed by atoms with E-state index in [2.05, 4.69) is 42.4 Å². The molecular formula is C44H29N13O5. The minimum Gasteiger partial charge on any atom is -0.478 e. The summed E-state index contributed by atoms with van der Waals surface area (Å²) in [5, 5.41) is 49.2. The Morgan fingerprint density at radius 2 is 0.968 bits per heavy atom.